The Morgan fingerprint density at radius 1 is 0.958 bits per heavy atom. The standard InChI is InChI=1S/C34H50N6O4S.C3H8/c1-7-11-27(14-15-28(18-25-12-9-8-10-13-25)38-34(43)44-21-26-16-17-35-19-26)36-31(41)30(23(2)3)39-33(42)40(6)20-29-22-45-32(37-29)24(4)5;1-3-2/h8-10,12-13,17,19,22-24,27-28,30H,7,11,14-16,18,20-21H2,1-6H3,(H,36,41)(H,38,43)(H,39,42);3H2,1-2H3. The van der Waals surface area contributed by atoms with Gasteiger partial charge in [-0.3, -0.25) is 9.79 Å². The fourth-order valence-corrected chi connectivity index (χ4v) is 5.88. The minimum atomic E-state index is -0.692. The summed E-state index contributed by atoms with van der Waals surface area (Å²) in [6, 6.07) is 8.70. The summed E-state index contributed by atoms with van der Waals surface area (Å²) in [6.45, 7) is 14.9. The van der Waals surface area contributed by atoms with Crippen LogP contribution in [0.2, 0.25) is 0 Å². The van der Waals surface area contributed by atoms with Gasteiger partial charge in [-0.2, -0.15) is 0 Å². The summed E-state index contributed by atoms with van der Waals surface area (Å²) in [5.74, 6) is 0.0141. The molecule has 3 atom stereocenters. The van der Waals surface area contributed by atoms with Crippen molar-refractivity contribution in [2.75, 3.05) is 13.7 Å². The topological polar surface area (TPSA) is 125 Å². The number of benzene rings is 1. The minimum Gasteiger partial charge on any atom is -0.445 e. The quantitative estimate of drug-likeness (QED) is 0.158. The average molecular weight is 683 g/mol. The van der Waals surface area contributed by atoms with Crippen molar-refractivity contribution >= 4 is 35.6 Å². The third-order valence-corrected chi connectivity index (χ3v) is 8.83. The molecular weight excluding hydrogens is 625 g/mol. The molecule has 0 fully saturated rings. The molecule has 3 rings (SSSR count). The Bertz CT molecular complexity index is 1310. The van der Waals surface area contributed by atoms with Crippen LogP contribution >= 0.6 is 11.3 Å². The number of thiazole rings is 1. The number of ether oxygens (including phenoxy) is 1. The van der Waals surface area contributed by atoms with Crippen molar-refractivity contribution in [3.63, 3.8) is 0 Å². The van der Waals surface area contributed by atoms with Crippen LogP contribution in [0, 0.1) is 5.92 Å². The van der Waals surface area contributed by atoms with Gasteiger partial charge in [0.25, 0.3) is 0 Å². The van der Waals surface area contributed by atoms with E-state index < -0.39 is 12.1 Å². The first-order valence-corrected chi connectivity index (χ1v) is 18.3. The van der Waals surface area contributed by atoms with Gasteiger partial charge < -0.3 is 25.6 Å². The van der Waals surface area contributed by atoms with Gasteiger partial charge in [0, 0.05) is 49.3 Å². The molecule has 0 saturated heterocycles. The van der Waals surface area contributed by atoms with Gasteiger partial charge in [-0.1, -0.05) is 91.6 Å². The Balaban J connectivity index is 0.00000257. The molecule has 1 aromatic carbocycles. The lowest BCUT2D eigenvalue weighted by molar-refractivity contribution is -0.124. The van der Waals surface area contributed by atoms with Crippen LogP contribution in [-0.4, -0.2) is 65.9 Å². The summed E-state index contributed by atoms with van der Waals surface area (Å²) in [6.07, 6.45) is 8.60. The molecule has 1 aliphatic rings. The Kier molecular flexibility index (Phi) is 18.5. The third kappa shape index (κ3) is 15.0. The Morgan fingerprint density at radius 2 is 1.65 bits per heavy atom. The number of hydrogen-bond donors (Lipinski definition) is 3. The monoisotopic (exact) mass is 682 g/mol. The van der Waals surface area contributed by atoms with Crippen LogP contribution in [0.1, 0.15) is 109 Å². The smallest absolute Gasteiger partial charge is 0.407 e. The number of aliphatic imine (C=N–C) groups is 1. The highest BCUT2D eigenvalue weighted by Gasteiger charge is 2.28. The van der Waals surface area contributed by atoms with Crippen molar-refractivity contribution in [1.82, 2.24) is 25.8 Å². The highest BCUT2D eigenvalue weighted by atomic mass is 32.1. The van der Waals surface area contributed by atoms with E-state index in [1.807, 2.05) is 49.6 Å². The van der Waals surface area contributed by atoms with Crippen molar-refractivity contribution in [1.29, 1.82) is 0 Å². The fraction of sp³-hybridized carbons (Fsp3) is 0.595. The van der Waals surface area contributed by atoms with Crippen LogP contribution < -0.4 is 16.0 Å². The maximum absolute atomic E-state index is 13.5. The van der Waals surface area contributed by atoms with Crippen molar-refractivity contribution < 1.29 is 19.1 Å². The van der Waals surface area contributed by atoms with Gasteiger partial charge in [0.2, 0.25) is 5.91 Å². The lowest BCUT2D eigenvalue weighted by Gasteiger charge is -2.28. The first kappa shape index (κ1) is 40.4. The summed E-state index contributed by atoms with van der Waals surface area (Å²) >= 11 is 1.59. The molecule has 0 radical (unpaired) electrons. The predicted octanol–water partition coefficient (Wildman–Crippen LogP) is 7.61. The number of rotatable bonds is 17. The first-order chi connectivity index (χ1) is 23.0. The lowest BCUT2D eigenvalue weighted by Crippen LogP contribution is -2.54. The van der Waals surface area contributed by atoms with Crippen LogP contribution in [-0.2, 0) is 22.5 Å². The number of urea groups is 1. The Labute approximate surface area is 292 Å². The maximum Gasteiger partial charge on any atom is 0.407 e. The number of hydrogen-bond acceptors (Lipinski definition) is 7. The summed E-state index contributed by atoms with van der Waals surface area (Å²) in [4.78, 5) is 49.6. The second-order valence-corrected chi connectivity index (χ2v) is 14.0. The molecule has 4 amide bonds. The van der Waals surface area contributed by atoms with E-state index in [9.17, 15) is 14.4 Å². The molecule has 2 heterocycles. The molecule has 0 saturated carbocycles. The third-order valence-electron chi connectivity index (χ3n) is 7.64. The van der Waals surface area contributed by atoms with Crippen LogP contribution in [0.5, 0.6) is 0 Å². The van der Waals surface area contributed by atoms with Crippen molar-refractivity contribution in [3.05, 3.63) is 63.7 Å². The summed E-state index contributed by atoms with van der Waals surface area (Å²) in [5, 5.41) is 12.2. The molecule has 1 aliphatic heterocycles. The number of aromatic nitrogens is 1. The average Bonchev–Trinajstić information content (AvgIpc) is 3.75. The molecule has 10 nitrogen and oxygen atoms in total. The summed E-state index contributed by atoms with van der Waals surface area (Å²) in [7, 11) is 1.71. The van der Waals surface area contributed by atoms with Gasteiger partial charge in [0.05, 0.1) is 17.2 Å². The normalized spacial score (nSPS) is 14.0. The number of amides is 4. The SMILES string of the molecule is CCC.CCCC(CCC(Cc1ccccc1)NC(=O)OCC1=CN=CC1)NC(=O)C(NC(=O)N(C)Cc1csc(C(C)C)n1)C(C)C. The molecule has 0 aliphatic carbocycles. The summed E-state index contributed by atoms with van der Waals surface area (Å²) < 4.78 is 5.46. The van der Waals surface area contributed by atoms with Gasteiger partial charge >= 0.3 is 12.1 Å². The van der Waals surface area contributed by atoms with E-state index in [0.29, 0.717) is 38.1 Å². The zero-order valence-electron chi connectivity index (χ0n) is 30.3. The van der Waals surface area contributed by atoms with E-state index in [1.165, 1.54) is 6.42 Å². The second-order valence-electron chi connectivity index (χ2n) is 13.1. The predicted molar refractivity (Wildman–Crippen MR) is 196 cm³/mol. The van der Waals surface area contributed by atoms with Gasteiger partial charge in [-0.15, -0.1) is 11.3 Å². The van der Waals surface area contributed by atoms with Crippen LogP contribution in [0.15, 0.2) is 52.5 Å². The van der Waals surface area contributed by atoms with Gasteiger partial charge in [0.15, 0.2) is 0 Å². The van der Waals surface area contributed by atoms with E-state index >= 15 is 0 Å². The number of nitrogens with one attached hydrogen (secondary N) is 3. The number of alkyl carbamates (subject to hydrolysis) is 1. The zero-order valence-corrected chi connectivity index (χ0v) is 31.1. The molecule has 266 valence electrons. The molecule has 11 heteroatoms. The van der Waals surface area contributed by atoms with E-state index in [4.69, 9.17) is 4.74 Å². The molecular formula is C37H58N6O4S. The molecule has 48 heavy (non-hydrogen) atoms. The fourth-order valence-electron chi connectivity index (χ4n) is 5.05. The van der Waals surface area contributed by atoms with E-state index in [1.54, 1.807) is 35.7 Å². The van der Waals surface area contributed by atoms with Crippen LogP contribution in [0.4, 0.5) is 9.59 Å². The summed E-state index contributed by atoms with van der Waals surface area (Å²) in [5.41, 5.74) is 2.90. The molecule has 0 bridgehead atoms. The Morgan fingerprint density at radius 3 is 2.23 bits per heavy atom. The van der Waals surface area contributed by atoms with E-state index in [0.717, 1.165) is 34.7 Å². The first-order valence-electron chi connectivity index (χ1n) is 17.4. The molecule has 3 N–H and O–H groups in total. The van der Waals surface area contributed by atoms with Crippen molar-refractivity contribution in [2.45, 2.75) is 124 Å². The lowest BCUT2D eigenvalue weighted by atomic mass is 9.96. The highest BCUT2D eigenvalue weighted by Crippen LogP contribution is 2.20. The van der Waals surface area contributed by atoms with Gasteiger partial charge in [-0.25, -0.2) is 14.6 Å². The van der Waals surface area contributed by atoms with Crippen LogP contribution in [0.3, 0.4) is 0 Å². The van der Waals surface area contributed by atoms with Crippen molar-refractivity contribution in [2.24, 2.45) is 10.9 Å². The Hall–Kier alpha value is -3.73. The van der Waals surface area contributed by atoms with Crippen molar-refractivity contribution in [3.8, 4) is 0 Å². The number of carbonyl (C=O) groups is 3. The minimum absolute atomic E-state index is 0.111. The molecule has 1 aromatic heterocycles. The molecule has 0 spiro atoms. The second kappa shape index (κ2) is 22.0. The van der Waals surface area contributed by atoms with Gasteiger partial charge in [0.1, 0.15) is 12.6 Å². The zero-order chi connectivity index (χ0) is 35.5. The number of nitrogens with zero attached hydrogens (tertiary/aromatic N) is 3. The van der Waals surface area contributed by atoms with E-state index in [2.05, 4.69) is 60.5 Å². The number of carbonyl (C=O) groups excluding carboxylic acids is 3. The highest BCUT2D eigenvalue weighted by molar-refractivity contribution is 7.09. The molecule has 3 unspecified atom stereocenters. The molecule has 2 aromatic rings. The maximum atomic E-state index is 13.5. The largest absolute Gasteiger partial charge is 0.445 e. The van der Waals surface area contributed by atoms with Gasteiger partial charge in [-0.05, 0) is 42.7 Å². The van der Waals surface area contributed by atoms with Crippen LogP contribution in [0.25, 0.3) is 0 Å². The van der Waals surface area contributed by atoms with E-state index in [-0.39, 0.29) is 36.5 Å².